The van der Waals surface area contributed by atoms with E-state index < -0.39 is 24.3 Å². The van der Waals surface area contributed by atoms with Crippen molar-refractivity contribution in [2.75, 3.05) is 32.2 Å². The number of benzene rings is 3. The van der Waals surface area contributed by atoms with Crippen LogP contribution >= 0.6 is 0 Å². The first-order valence-electron chi connectivity index (χ1n) is 24.4. The van der Waals surface area contributed by atoms with Crippen LogP contribution in [0.25, 0.3) is 22.6 Å². The molecule has 366 valence electrons. The number of amides is 4. The van der Waals surface area contributed by atoms with Gasteiger partial charge in [0, 0.05) is 29.9 Å². The maximum absolute atomic E-state index is 13.8. The molecule has 3 aliphatic rings. The summed E-state index contributed by atoms with van der Waals surface area (Å²) in [4.78, 5) is 61.3. The lowest BCUT2D eigenvalue weighted by Gasteiger charge is -2.34. The molecule has 4 amide bonds. The highest BCUT2D eigenvalue weighted by Gasteiger charge is 2.40. The number of H-pyrrole nitrogens is 2. The zero-order chi connectivity index (χ0) is 49.1. The summed E-state index contributed by atoms with van der Waals surface area (Å²) in [6.07, 6.45) is 3.89. The van der Waals surface area contributed by atoms with Gasteiger partial charge in [0.05, 0.1) is 49.8 Å². The number of rotatable bonds is 13. The molecule has 3 fully saturated rings. The number of alkyl carbamates (subject to hydrolysis) is 2. The number of carbonyl (C=O) groups excluding carboxylic acids is 4. The highest BCUT2D eigenvalue weighted by atomic mass is 16.5. The van der Waals surface area contributed by atoms with Crippen molar-refractivity contribution in [2.24, 2.45) is 11.8 Å². The van der Waals surface area contributed by atoms with Crippen LogP contribution < -0.4 is 15.5 Å². The van der Waals surface area contributed by atoms with Gasteiger partial charge in [0.15, 0.2) is 11.6 Å². The second-order valence-corrected chi connectivity index (χ2v) is 20.4. The Morgan fingerprint density at radius 2 is 1.16 bits per heavy atom. The Labute approximate surface area is 405 Å². The zero-order valence-electron chi connectivity index (χ0n) is 41.4. The second kappa shape index (κ2) is 20.5. The molecule has 0 radical (unpaired) electrons. The van der Waals surface area contributed by atoms with Gasteiger partial charge in [-0.25, -0.2) is 9.59 Å². The molecule has 6 atom stereocenters. The van der Waals surface area contributed by atoms with Gasteiger partial charge >= 0.3 is 12.2 Å². The van der Waals surface area contributed by atoms with Crippen molar-refractivity contribution in [1.29, 1.82) is 0 Å². The molecule has 3 aromatic carbocycles. The molecule has 16 nitrogen and oxygen atoms in total. The molecule has 0 bridgehead atoms. The van der Waals surface area contributed by atoms with E-state index in [0.717, 1.165) is 66.7 Å². The van der Waals surface area contributed by atoms with E-state index in [2.05, 4.69) is 129 Å². The monoisotopic (exact) mass is 941 g/mol. The molecule has 0 spiro atoms. The van der Waals surface area contributed by atoms with E-state index in [0.29, 0.717) is 24.7 Å². The number of aromatic nitrogens is 5. The SMILES string of the molecule is COC(=O)N[C@H](C(=O)N1CCC[C@H]1c1cc(-c2ccc([C@@H]3CC[C@@H](c4ccc(-c5nnc([C@@H]6CCCN6C(=O)[C@@H](NC(=O)OC)C(C)C)[nH]5)cc4)N3c3ccc(C(C)(C)C)cc3)cc2)n[nH]1)C(C)C. The molecule has 2 aromatic heterocycles. The van der Waals surface area contributed by atoms with E-state index >= 15 is 0 Å². The number of hydrogen-bond donors (Lipinski definition) is 4. The fraction of sp³-hybridized carbons (Fsp3) is 0.491. The molecule has 69 heavy (non-hydrogen) atoms. The Morgan fingerprint density at radius 3 is 1.67 bits per heavy atom. The second-order valence-electron chi connectivity index (χ2n) is 20.4. The van der Waals surface area contributed by atoms with Gasteiger partial charge in [0.25, 0.3) is 0 Å². The first kappa shape index (κ1) is 48.7. The summed E-state index contributed by atoms with van der Waals surface area (Å²) in [6.45, 7) is 15.5. The molecule has 0 unspecified atom stereocenters. The Kier molecular flexibility index (Phi) is 14.5. The predicted octanol–water partition coefficient (Wildman–Crippen LogP) is 9.33. The Bertz CT molecular complexity index is 2430. The van der Waals surface area contributed by atoms with E-state index in [1.807, 2.05) is 38.7 Å². The lowest BCUT2D eigenvalue weighted by Crippen LogP contribution is -2.51. The van der Waals surface area contributed by atoms with E-state index in [1.54, 1.807) is 4.90 Å². The van der Waals surface area contributed by atoms with Crippen molar-refractivity contribution in [2.45, 2.75) is 129 Å². The van der Waals surface area contributed by atoms with Crippen LogP contribution in [0.4, 0.5) is 15.3 Å². The van der Waals surface area contributed by atoms with Crippen molar-refractivity contribution in [1.82, 2.24) is 45.8 Å². The normalized spacial score (nSPS) is 20.4. The highest BCUT2D eigenvalue weighted by molar-refractivity contribution is 5.87. The average Bonchev–Trinajstić information content (AvgIpc) is 4.21. The molecule has 8 rings (SSSR count). The zero-order valence-corrected chi connectivity index (χ0v) is 41.4. The largest absolute Gasteiger partial charge is 0.453 e. The lowest BCUT2D eigenvalue weighted by molar-refractivity contribution is -0.136. The third kappa shape index (κ3) is 10.3. The van der Waals surface area contributed by atoms with Crippen LogP contribution in [0.3, 0.4) is 0 Å². The van der Waals surface area contributed by atoms with Crippen LogP contribution in [-0.4, -0.2) is 98.6 Å². The summed E-state index contributed by atoms with van der Waals surface area (Å²) >= 11 is 0. The molecule has 0 aliphatic carbocycles. The van der Waals surface area contributed by atoms with E-state index in [4.69, 9.17) is 14.6 Å². The fourth-order valence-electron chi connectivity index (χ4n) is 10.3. The molecule has 5 heterocycles. The summed E-state index contributed by atoms with van der Waals surface area (Å²) < 4.78 is 9.61. The fourth-order valence-corrected chi connectivity index (χ4v) is 10.3. The Balaban J connectivity index is 1.00. The van der Waals surface area contributed by atoms with Gasteiger partial charge < -0.3 is 39.8 Å². The lowest BCUT2D eigenvalue weighted by atomic mass is 9.87. The minimum absolute atomic E-state index is 0.0221. The van der Waals surface area contributed by atoms with Crippen LogP contribution in [0, 0.1) is 11.8 Å². The van der Waals surface area contributed by atoms with Gasteiger partial charge in [-0.15, -0.1) is 10.2 Å². The third-order valence-electron chi connectivity index (χ3n) is 14.2. The molecule has 3 saturated heterocycles. The number of nitrogens with one attached hydrogen (secondary N) is 4. The summed E-state index contributed by atoms with van der Waals surface area (Å²) in [6, 6.07) is 26.7. The summed E-state index contributed by atoms with van der Waals surface area (Å²) in [5.41, 5.74) is 8.44. The summed E-state index contributed by atoms with van der Waals surface area (Å²) in [5.74, 6) is 0.738. The molecular weight excluding hydrogens is 873 g/mol. The molecular formula is C53H68N10O6. The summed E-state index contributed by atoms with van der Waals surface area (Å²) in [5, 5.41) is 22.5. The Hall–Kier alpha value is -6.71. The maximum atomic E-state index is 13.8. The van der Waals surface area contributed by atoms with Crippen LogP contribution in [-0.2, 0) is 24.5 Å². The van der Waals surface area contributed by atoms with E-state index in [9.17, 15) is 19.2 Å². The molecule has 16 heteroatoms. The number of aromatic amines is 2. The van der Waals surface area contributed by atoms with Crippen molar-refractivity contribution >= 4 is 29.7 Å². The number of ether oxygens (including phenoxy) is 2. The van der Waals surface area contributed by atoms with Gasteiger partial charge in [-0.2, -0.15) is 5.10 Å². The van der Waals surface area contributed by atoms with Crippen LogP contribution in [0.15, 0.2) is 78.9 Å². The number of likely N-dealkylation sites (tertiary alicyclic amines) is 2. The van der Waals surface area contributed by atoms with Crippen LogP contribution in [0.1, 0.15) is 139 Å². The quantitative estimate of drug-likeness (QED) is 0.0885. The Morgan fingerprint density at radius 1 is 0.652 bits per heavy atom. The molecule has 4 N–H and O–H groups in total. The maximum Gasteiger partial charge on any atom is 0.407 e. The minimum Gasteiger partial charge on any atom is -0.453 e. The standard InChI is InChI=1S/C53H68N10O6/c1-31(2)45(54-51(66)68-8)49(64)61-28-10-12-43(61)40-30-39(57-58-40)33-14-16-34(17-15-33)41-26-27-42(63(41)38-24-22-37(23-25-38)53(5,6)7)35-18-20-36(21-19-35)47-56-48(60-59-47)44-13-11-29-62(44)50(65)46(32(3)4)55-52(67)69-9/h14-25,30-32,41-46H,10-13,26-29H2,1-9H3,(H,54,66)(H,55,67)(H,57,58)(H,56,59,60)/t41-,42-,43-,44-,45-,46-/m0/s1. The number of nitrogens with zero attached hydrogens (tertiary/aromatic N) is 6. The number of anilines is 1. The minimum atomic E-state index is -0.715. The van der Waals surface area contributed by atoms with Crippen molar-refractivity contribution in [3.8, 4) is 22.6 Å². The van der Waals surface area contributed by atoms with Gasteiger partial charge in [-0.05, 0) is 90.7 Å². The van der Waals surface area contributed by atoms with Crippen LogP contribution in [0.5, 0.6) is 0 Å². The van der Waals surface area contributed by atoms with E-state index in [-0.39, 0.29) is 53.2 Å². The number of methoxy groups -OCH3 is 2. The third-order valence-corrected chi connectivity index (χ3v) is 14.2. The number of carbonyl (C=O) groups is 4. The van der Waals surface area contributed by atoms with Gasteiger partial charge in [0.2, 0.25) is 11.8 Å². The van der Waals surface area contributed by atoms with Crippen molar-refractivity contribution < 1.29 is 28.7 Å². The van der Waals surface area contributed by atoms with E-state index in [1.165, 1.54) is 30.9 Å². The van der Waals surface area contributed by atoms with Gasteiger partial charge in [0.1, 0.15) is 12.1 Å². The van der Waals surface area contributed by atoms with Crippen molar-refractivity contribution in [3.63, 3.8) is 0 Å². The smallest absolute Gasteiger partial charge is 0.407 e. The average molecular weight is 941 g/mol. The molecule has 3 aliphatic heterocycles. The molecule has 5 aromatic rings. The predicted molar refractivity (Wildman–Crippen MR) is 264 cm³/mol. The summed E-state index contributed by atoms with van der Waals surface area (Å²) in [7, 11) is 2.59. The first-order chi connectivity index (χ1) is 33.1. The topological polar surface area (TPSA) is 191 Å². The molecule has 0 saturated carbocycles. The number of hydrogen-bond acceptors (Lipinski definition) is 10. The van der Waals surface area contributed by atoms with Gasteiger partial charge in [-0.3, -0.25) is 14.7 Å². The van der Waals surface area contributed by atoms with Crippen LogP contribution in [0.2, 0.25) is 0 Å². The first-order valence-corrected chi connectivity index (χ1v) is 24.4. The highest BCUT2D eigenvalue weighted by Crippen LogP contribution is 2.48. The van der Waals surface area contributed by atoms with Crippen molar-refractivity contribution in [3.05, 3.63) is 107 Å². The van der Waals surface area contributed by atoms with Gasteiger partial charge in [-0.1, -0.05) is 109 Å².